The van der Waals surface area contributed by atoms with E-state index >= 15 is 0 Å². The predicted octanol–water partition coefficient (Wildman–Crippen LogP) is 15.0. The largest absolute Gasteiger partial charge is 0.456 e. The average Bonchev–Trinajstić information content (AvgIpc) is 3.87. The molecule has 0 saturated carbocycles. The molecule has 0 unspecified atom stereocenters. The molecule has 4 heteroatoms. The molecule has 0 amide bonds. The smallest absolute Gasteiger partial charge is 0.227 e. The molecule has 4 nitrogen and oxygen atoms in total. The Balaban J connectivity index is 0.975. The molecule has 268 valence electrons. The molecular weight excluding hydrogens is 697 g/mol. The Labute approximate surface area is 329 Å². The first-order chi connectivity index (χ1) is 28.2. The minimum Gasteiger partial charge on any atom is -0.456 e. The van der Waals surface area contributed by atoms with Gasteiger partial charge in [0.2, 0.25) is 5.89 Å². The molecule has 0 spiro atoms. The second-order valence-corrected chi connectivity index (χ2v) is 14.4. The third-order valence-corrected chi connectivity index (χ3v) is 10.9. The molecule has 0 atom stereocenters. The van der Waals surface area contributed by atoms with Gasteiger partial charge in [-0.05, 0) is 105 Å². The molecule has 0 aliphatic carbocycles. The van der Waals surface area contributed by atoms with Gasteiger partial charge in [0.15, 0.2) is 5.58 Å². The van der Waals surface area contributed by atoms with Crippen LogP contribution in [0, 0.1) is 0 Å². The molecule has 0 radical (unpaired) electrons. The highest BCUT2D eigenvalue weighted by Gasteiger charge is 2.19. The second kappa shape index (κ2) is 13.6. The fourth-order valence-corrected chi connectivity index (χ4v) is 8.01. The summed E-state index contributed by atoms with van der Waals surface area (Å²) in [7, 11) is 0. The molecule has 0 aliphatic rings. The molecule has 9 aromatic carbocycles. The minimum absolute atomic E-state index is 0.602. The summed E-state index contributed by atoms with van der Waals surface area (Å²) in [4.78, 5) is 7.18. The maximum atomic E-state index is 6.32. The first kappa shape index (κ1) is 32.7. The van der Waals surface area contributed by atoms with Crippen LogP contribution in [0.5, 0.6) is 0 Å². The lowest BCUT2D eigenvalue weighted by Crippen LogP contribution is -2.11. The molecule has 11 rings (SSSR count). The number of nitrogens with zero attached hydrogens (tertiary/aromatic N) is 2. The van der Waals surface area contributed by atoms with Crippen molar-refractivity contribution in [3.05, 3.63) is 206 Å². The average molecular weight is 731 g/mol. The standard InChI is InChI=1S/C53H34N2O2/c1-3-12-38(13-4-1)45-17-9-10-18-49(45)55(43-26-21-36(22-27-43)41-20-19-35-11-7-8-16-40(35)31-41)44-28-23-37(24-29-44)42-25-30-50-46(32-42)47-33-48-52(34-51(47)56-50)57-53(54-48)39-14-5-2-6-15-39/h1-34H. The minimum atomic E-state index is 0.602. The summed E-state index contributed by atoms with van der Waals surface area (Å²) in [6, 6.07) is 72.6. The van der Waals surface area contributed by atoms with Crippen molar-refractivity contribution in [1.29, 1.82) is 0 Å². The summed E-state index contributed by atoms with van der Waals surface area (Å²) in [5.74, 6) is 0.602. The zero-order valence-corrected chi connectivity index (χ0v) is 30.8. The van der Waals surface area contributed by atoms with E-state index in [1.807, 2.05) is 36.4 Å². The lowest BCUT2D eigenvalue weighted by atomic mass is 9.99. The summed E-state index contributed by atoms with van der Waals surface area (Å²) in [5, 5.41) is 4.54. The van der Waals surface area contributed by atoms with Crippen molar-refractivity contribution in [1.82, 2.24) is 4.98 Å². The first-order valence-electron chi connectivity index (χ1n) is 19.2. The van der Waals surface area contributed by atoms with E-state index in [-0.39, 0.29) is 0 Å². The van der Waals surface area contributed by atoms with Crippen molar-refractivity contribution < 1.29 is 8.83 Å². The quantitative estimate of drug-likeness (QED) is 0.164. The lowest BCUT2D eigenvalue weighted by molar-refractivity contribution is 0.617. The Morgan fingerprint density at radius 2 is 0.930 bits per heavy atom. The second-order valence-electron chi connectivity index (χ2n) is 14.4. The number of aromatic nitrogens is 1. The van der Waals surface area contributed by atoms with Gasteiger partial charge in [-0.25, -0.2) is 4.98 Å². The monoisotopic (exact) mass is 730 g/mol. The van der Waals surface area contributed by atoms with E-state index in [2.05, 4.69) is 175 Å². The lowest BCUT2D eigenvalue weighted by Gasteiger charge is -2.28. The third-order valence-electron chi connectivity index (χ3n) is 10.9. The van der Waals surface area contributed by atoms with Gasteiger partial charge < -0.3 is 13.7 Å². The molecule has 0 N–H and O–H groups in total. The number of fused-ring (bicyclic) bond motifs is 5. The highest BCUT2D eigenvalue weighted by Crippen LogP contribution is 2.42. The van der Waals surface area contributed by atoms with Gasteiger partial charge in [-0.1, -0.05) is 133 Å². The Morgan fingerprint density at radius 3 is 1.67 bits per heavy atom. The zero-order chi connectivity index (χ0) is 37.7. The number of rotatable bonds is 7. The zero-order valence-electron chi connectivity index (χ0n) is 30.8. The number of anilines is 3. The SMILES string of the molecule is c1ccc(-c2nc3cc4c(cc3o2)oc2ccc(-c3ccc(N(c5ccc(-c6ccc7ccccc7c6)cc5)c5ccccc5-c5ccccc5)cc3)cc24)cc1. The van der Waals surface area contributed by atoms with Crippen LogP contribution in [0.15, 0.2) is 215 Å². The highest BCUT2D eigenvalue weighted by atomic mass is 16.4. The van der Waals surface area contributed by atoms with E-state index < -0.39 is 0 Å². The summed E-state index contributed by atoms with van der Waals surface area (Å²) < 4.78 is 12.5. The first-order valence-corrected chi connectivity index (χ1v) is 19.2. The Morgan fingerprint density at radius 1 is 0.351 bits per heavy atom. The molecule has 0 fully saturated rings. The maximum absolute atomic E-state index is 6.32. The van der Waals surface area contributed by atoms with Gasteiger partial charge in [0, 0.05) is 39.3 Å². The van der Waals surface area contributed by atoms with Crippen LogP contribution in [0.2, 0.25) is 0 Å². The Hall–Kier alpha value is -7.69. The molecule has 0 saturated heterocycles. The van der Waals surface area contributed by atoms with Crippen molar-refractivity contribution in [2.24, 2.45) is 0 Å². The fraction of sp³-hybridized carbons (Fsp3) is 0. The summed E-state index contributed by atoms with van der Waals surface area (Å²) in [5.41, 5.74) is 14.3. The van der Waals surface area contributed by atoms with Gasteiger partial charge in [0.25, 0.3) is 0 Å². The van der Waals surface area contributed by atoms with E-state index in [0.29, 0.717) is 11.5 Å². The van der Waals surface area contributed by atoms with Crippen LogP contribution < -0.4 is 4.90 Å². The summed E-state index contributed by atoms with van der Waals surface area (Å²) >= 11 is 0. The number of oxazole rings is 1. The van der Waals surface area contributed by atoms with Crippen LogP contribution in [-0.2, 0) is 0 Å². The summed E-state index contributed by atoms with van der Waals surface area (Å²) in [6.45, 7) is 0. The molecule has 0 aliphatic heterocycles. The topological polar surface area (TPSA) is 42.4 Å². The van der Waals surface area contributed by atoms with Crippen LogP contribution >= 0.6 is 0 Å². The third kappa shape index (κ3) is 5.92. The van der Waals surface area contributed by atoms with Gasteiger partial charge in [-0.3, -0.25) is 0 Å². The number of benzene rings is 9. The molecule has 2 heterocycles. The molecular formula is C53H34N2O2. The Kier molecular flexibility index (Phi) is 7.78. The molecule has 57 heavy (non-hydrogen) atoms. The highest BCUT2D eigenvalue weighted by molar-refractivity contribution is 6.10. The van der Waals surface area contributed by atoms with Crippen molar-refractivity contribution >= 4 is 60.9 Å². The van der Waals surface area contributed by atoms with Gasteiger partial charge in [-0.2, -0.15) is 0 Å². The molecule has 2 aromatic heterocycles. The van der Waals surface area contributed by atoms with E-state index in [1.165, 1.54) is 27.5 Å². The number of para-hydroxylation sites is 1. The van der Waals surface area contributed by atoms with E-state index in [4.69, 9.17) is 13.8 Å². The van der Waals surface area contributed by atoms with Crippen molar-refractivity contribution in [3.63, 3.8) is 0 Å². The van der Waals surface area contributed by atoms with Gasteiger partial charge >= 0.3 is 0 Å². The van der Waals surface area contributed by atoms with E-state index in [0.717, 1.165) is 66.8 Å². The summed E-state index contributed by atoms with van der Waals surface area (Å²) in [6.07, 6.45) is 0. The van der Waals surface area contributed by atoms with Gasteiger partial charge in [0.1, 0.15) is 16.7 Å². The van der Waals surface area contributed by atoms with Crippen LogP contribution in [0.4, 0.5) is 17.1 Å². The maximum Gasteiger partial charge on any atom is 0.227 e. The Bertz CT molecular complexity index is 3220. The fourth-order valence-electron chi connectivity index (χ4n) is 8.01. The predicted molar refractivity (Wildman–Crippen MR) is 235 cm³/mol. The van der Waals surface area contributed by atoms with Crippen molar-refractivity contribution in [2.45, 2.75) is 0 Å². The normalized spacial score (nSPS) is 11.5. The van der Waals surface area contributed by atoms with Crippen LogP contribution in [0.25, 0.3) is 88.6 Å². The van der Waals surface area contributed by atoms with Crippen LogP contribution in [-0.4, -0.2) is 4.98 Å². The van der Waals surface area contributed by atoms with E-state index in [1.54, 1.807) is 0 Å². The van der Waals surface area contributed by atoms with Crippen LogP contribution in [0.3, 0.4) is 0 Å². The van der Waals surface area contributed by atoms with Gasteiger partial charge in [-0.15, -0.1) is 0 Å². The number of furan rings is 1. The van der Waals surface area contributed by atoms with Crippen molar-refractivity contribution in [2.75, 3.05) is 4.90 Å². The number of hydrogen-bond acceptors (Lipinski definition) is 4. The molecule has 11 aromatic rings. The number of hydrogen-bond donors (Lipinski definition) is 0. The van der Waals surface area contributed by atoms with E-state index in [9.17, 15) is 0 Å². The molecule has 0 bridgehead atoms. The van der Waals surface area contributed by atoms with Gasteiger partial charge in [0.05, 0.1) is 5.69 Å². The van der Waals surface area contributed by atoms with Crippen molar-refractivity contribution in [3.8, 4) is 44.8 Å². The van der Waals surface area contributed by atoms with Crippen LogP contribution in [0.1, 0.15) is 0 Å².